The average Bonchev–Trinajstić information content (AvgIpc) is 3.04. The summed E-state index contributed by atoms with van der Waals surface area (Å²) in [5.41, 5.74) is 0.962. The number of aromatic nitrogens is 2. The summed E-state index contributed by atoms with van der Waals surface area (Å²) >= 11 is -1.87. The van der Waals surface area contributed by atoms with Crippen LogP contribution in [0.3, 0.4) is 0 Å². The summed E-state index contributed by atoms with van der Waals surface area (Å²) in [6.45, 7) is 4.46. The third-order valence-electron chi connectivity index (χ3n) is 4.07. The molecular formula is C20H29Cl2N2O2Ru+. The Bertz CT molecular complexity index is 718. The number of aryl methyl sites for hydroxylation is 2. The summed E-state index contributed by atoms with van der Waals surface area (Å²) < 4.78 is 18.0. The van der Waals surface area contributed by atoms with Gasteiger partial charge in [0.25, 0.3) is 0 Å². The van der Waals surface area contributed by atoms with Crippen molar-refractivity contribution in [3.63, 3.8) is 0 Å². The molecule has 0 aliphatic rings. The first kappa shape index (κ1) is 22.6. The first-order valence-corrected chi connectivity index (χ1v) is 14.7. The molecule has 1 heterocycles. The van der Waals surface area contributed by atoms with Crippen LogP contribution in [-0.2, 0) is 31.8 Å². The fourth-order valence-corrected chi connectivity index (χ4v) is 4.55. The molecule has 27 heavy (non-hydrogen) atoms. The monoisotopic (exact) mass is 501 g/mol. The number of nitrogens with zero attached hydrogens (tertiary/aromatic N) is 2. The molecule has 0 radical (unpaired) electrons. The third kappa shape index (κ3) is 9.34. The number of halogens is 2. The van der Waals surface area contributed by atoms with Gasteiger partial charge in [-0.15, -0.1) is 0 Å². The molecule has 2 aromatic rings. The van der Waals surface area contributed by atoms with E-state index in [9.17, 15) is 0 Å². The summed E-state index contributed by atoms with van der Waals surface area (Å²) in [4.78, 5) is 0. The van der Waals surface area contributed by atoms with E-state index in [1.807, 2.05) is 42.8 Å². The van der Waals surface area contributed by atoms with Crippen molar-refractivity contribution in [2.24, 2.45) is 7.05 Å². The fourth-order valence-electron chi connectivity index (χ4n) is 2.74. The summed E-state index contributed by atoms with van der Waals surface area (Å²) in [6.07, 6.45) is 11.0. The van der Waals surface area contributed by atoms with Crippen LogP contribution in [0.25, 0.3) is 0 Å². The number of para-hydroxylation sites is 1. The van der Waals surface area contributed by atoms with Crippen molar-refractivity contribution in [2.75, 3.05) is 13.2 Å². The van der Waals surface area contributed by atoms with Gasteiger partial charge >= 0.3 is 134 Å². The number of unbranched alkanes of at least 4 members (excludes halogenated alkanes) is 3. The average molecular weight is 501 g/mol. The molecule has 0 N–H and O–H groups in total. The maximum absolute atomic E-state index is 5.99. The first-order chi connectivity index (χ1) is 13.0. The van der Waals surface area contributed by atoms with Crippen LogP contribution in [-0.4, -0.2) is 28.5 Å². The normalized spacial score (nSPS) is 12.7. The van der Waals surface area contributed by atoms with E-state index < -0.39 is 13.5 Å². The van der Waals surface area contributed by atoms with Gasteiger partial charge in [0, 0.05) is 0 Å². The molecule has 0 amide bonds. The number of benzene rings is 1. The topological polar surface area (TPSA) is 27.3 Å². The van der Waals surface area contributed by atoms with Crippen molar-refractivity contribution < 1.29 is 27.6 Å². The fraction of sp³-hybridized carbons (Fsp3) is 0.500. The van der Waals surface area contributed by atoms with Crippen molar-refractivity contribution in [3.05, 3.63) is 48.5 Å². The Labute approximate surface area is 175 Å². The van der Waals surface area contributed by atoms with Crippen LogP contribution in [0.4, 0.5) is 0 Å². The van der Waals surface area contributed by atoms with Gasteiger partial charge in [-0.05, 0) is 0 Å². The molecule has 2 rings (SSSR count). The molecule has 1 aromatic carbocycles. The molecule has 0 saturated heterocycles. The minimum atomic E-state index is -1.87. The zero-order chi connectivity index (χ0) is 19.5. The van der Waals surface area contributed by atoms with Crippen molar-refractivity contribution in [3.8, 4) is 5.75 Å². The first-order valence-electron chi connectivity index (χ1n) is 9.22. The molecule has 7 heteroatoms. The third-order valence-corrected chi connectivity index (χ3v) is 5.90. The van der Waals surface area contributed by atoms with Crippen molar-refractivity contribution in [2.45, 2.75) is 45.3 Å². The van der Waals surface area contributed by atoms with Gasteiger partial charge in [0.1, 0.15) is 12.4 Å². The van der Waals surface area contributed by atoms with Gasteiger partial charge in [-0.3, -0.25) is 0 Å². The Morgan fingerprint density at radius 1 is 1.19 bits per heavy atom. The van der Waals surface area contributed by atoms with E-state index in [1.54, 1.807) is 0 Å². The summed E-state index contributed by atoms with van der Waals surface area (Å²) in [5.74, 6) is 0.812. The van der Waals surface area contributed by atoms with Gasteiger partial charge in [0.2, 0.25) is 6.33 Å². The molecule has 0 bridgehead atoms. The van der Waals surface area contributed by atoms with E-state index in [-0.39, 0.29) is 6.10 Å². The van der Waals surface area contributed by atoms with Gasteiger partial charge in [0.15, 0.2) is 0 Å². The van der Waals surface area contributed by atoms with E-state index in [2.05, 4.69) is 27.9 Å². The number of hydrogen-bond donors (Lipinski definition) is 0. The van der Waals surface area contributed by atoms with Crippen LogP contribution in [0.2, 0.25) is 0 Å². The van der Waals surface area contributed by atoms with Crippen LogP contribution < -0.4 is 9.30 Å². The van der Waals surface area contributed by atoms with Gasteiger partial charge < -0.3 is 0 Å². The molecule has 0 spiro atoms. The molecule has 0 aliphatic heterocycles. The van der Waals surface area contributed by atoms with E-state index in [4.69, 9.17) is 28.9 Å². The minimum absolute atomic E-state index is 0.0136. The van der Waals surface area contributed by atoms with Crippen molar-refractivity contribution in [1.82, 2.24) is 4.57 Å². The summed E-state index contributed by atoms with van der Waals surface area (Å²) in [6, 6.07) is 7.83. The van der Waals surface area contributed by atoms with E-state index >= 15 is 0 Å². The Kier molecular flexibility index (Phi) is 10.6. The Morgan fingerprint density at radius 2 is 1.96 bits per heavy atom. The molecule has 1 unspecified atom stereocenters. The maximum atomic E-state index is 5.99. The van der Waals surface area contributed by atoms with E-state index in [0.717, 1.165) is 30.9 Å². The second-order valence-corrected chi connectivity index (χ2v) is 12.3. The van der Waals surface area contributed by atoms with E-state index in [1.165, 1.54) is 19.3 Å². The Hall–Kier alpha value is -0.737. The number of rotatable bonds is 12. The van der Waals surface area contributed by atoms with Crippen LogP contribution >= 0.6 is 19.4 Å². The number of imidazole rings is 1. The molecular weight excluding hydrogens is 472 g/mol. The SMILES string of the molecule is CC(COCCCCCCn1cc[n+](C)c1)Oc1ccccc1[CH]=[Ru]([Cl])[Cl]. The second-order valence-electron chi connectivity index (χ2n) is 6.58. The number of ether oxygens (including phenoxy) is 2. The van der Waals surface area contributed by atoms with Crippen molar-refractivity contribution >= 4 is 24.0 Å². The molecule has 4 nitrogen and oxygen atoms in total. The molecule has 152 valence electrons. The zero-order valence-electron chi connectivity index (χ0n) is 16.0. The van der Waals surface area contributed by atoms with Crippen LogP contribution in [0.1, 0.15) is 38.2 Å². The standard InChI is InChI=1S/C20H29N2O2.2ClH.Ru/c1-18-10-6-7-11-20(18)24-19(2)16-23-15-9-5-4-8-12-22-14-13-21(3)17-22;;;/h1,6-7,10-11,13-14,17,19H,4-5,8-9,12,15-16H2,2-3H3;2*1H;/q+1;;;+2/p-2. The predicted octanol–water partition coefficient (Wildman–Crippen LogP) is 4.43. The van der Waals surface area contributed by atoms with Crippen LogP contribution in [0.15, 0.2) is 43.0 Å². The molecule has 0 fully saturated rings. The quantitative estimate of drug-likeness (QED) is 0.245. The zero-order valence-corrected chi connectivity index (χ0v) is 19.2. The Balaban J connectivity index is 1.56. The summed E-state index contributed by atoms with van der Waals surface area (Å²) in [7, 11) is 14.0. The van der Waals surface area contributed by atoms with Gasteiger partial charge in [-0.2, -0.15) is 0 Å². The van der Waals surface area contributed by atoms with Crippen LogP contribution in [0.5, 0.6) is 5.75 Å². The van der Waals surface area contributed by atoms with Crippen LogP contribution in [0, 0.1) is 0 Å². The second kappa shape index (κ2) is 12.7. The summed E-state index contributed by atoms with van der Waals surface area (Å²) in [5, 5.41) is 0. The molecule has 0 aliphatic carbocycles. The Morgan fingerprint density at radius 3 is 2.70 bits per heavy atom. The predicted molar refractivity (Wildman–Crippen MR) is 108 cm³/mol. The van der Waals surface area contributed by atoms with Crippen molar-refractivity contribution in [1.29, 1.82) is 0 Å². The molecule has 1 aromatic heterocycles. The molecule has 0 saturated carbocycles. The van der Waals surface area contributed by atoms with E-state index in [0.29, 0.717) is 6.61 Å². The van der Waals surface area contributed by atoms with Gasteiger partial charge in [-0.1, -0.05) is 0 Å². The number of hydrogen-bond acceptors (Lipinski definition) is 2. The molecule has 1 atom stereocenters. The van der Waals surface area contributed by atoms with Gasteiger partial charge in [-0.25, -0.2) is 9.13 Å². The van der Waals surface area contributed by atoms with Gasteiger partial charge in [0.05, 0.1) is 13.6 Å².